The molecule has 0 fully saturated rings. The number of hydrogen-bond acceptors (Lipinski definition) is 2. The highest BCUT2D eigenvalue weighted by atomic mass is 79.9. The maximum Gasteiger partial charge on any atom is 0.263 e. The average molecular weight is 354 g/mol. The molecule has 2 N–H and O–H groups in total. The van der Waals surface area contributed by atoms with E-state index in [-0.39, 0.29) is 17.7 Å². The molecule has 110 valence electrons. The fraction of sp³-hybridized carbons (Fsp3) is 0.250. The number of benzene rings is 2. The highest BCUT2D eigenvalue weighted by molar-refractivity contribution is 9.10. The highest BCUT2D eigenvalue weighted by Gasteiger charge is 2.27. The summed E-state index contributed by atoms with van der Waals surface area (Å²) in [5.74, 6) is 0.742. The standard InChI is InChI=1S/C16H14BrF2NO/c17-11-5-6-12-13(20)8-14(21-15(12)7-11)9-1-3-10(4-2-9)16(18)19/h1-7,13-14,16H,8,20H2/t13-,14?/m0/s1. The van der Waals surface area contributed by atoms with Gasteiger partial charge in [0.05, 0.1) is 0 Å². The van der Waals surface area contributed by atoms with Crippen LogP contribution in [0.3, 0.4) is 0 Å². The lowest BCUT2D eigenvalue weighted by molar-refractivity contribution is 0.150. The molecular formula is C16H14BrF2NO. The Labute approximate surface area is 130 Å². The van der Waals surface area contributed by atoms with Crippen molar-refractivity contribution in [2.45, 2.75) is 25.0 Å². The minimum Gasteiger partial charge on any atom is -0.485 e. The largest absolute Gasteiger partial charge is 0.485 e. The van der Waals surface area contributed by atoms with Crippen LogP contribution in [0.4, 0.5) is 8.78 Å². The molecule has 2 nitrogen and oxygen atoms in total. The molecule has 0 radical (unpaired) electrons. The number of hydrogen-bond donors (Lipinski definition) is 1. The van der Waals surface area contributed by atoms with Gasteiger partial charge in [-0.15, -0.1) is 0 Å². The third kappa shape index (κ3) is 2.94. The summed E-state index contributed by atoms with van der Waals surface area (Å²) < 4.78 is 32.1. The van der Waals surface area contributed by atoms with Crippen LogP contribution >= 0.6 is 15.9 Å². The molecule has 1 aliphatic heterocycles. The Hall–Kier alpha value is -1.46. The van der Waals surface area contributed by atoms with E-state index in [1.165, 1.54) is 12.1 Å². The molecule has 0 saturated heterocycles. The number of halogens is 3. The normalized spacial score (nSPS) is 21.0. The Bertz CT molecular complexity index is 645. The smallest absolute Gasteiger partial charge is 0.263 e. The predicted molar refractivity (Wildman–Crippen MR) is 80.5 cm³/mol. The van der Waals surface area contributed by atoms with E-state index in [1.807, 2.05) is 18.2 Å². The first-order valence-corrected chi connectivity index (χ1v) is 7.43. The van der Waals surface area contributed by atoms with Crippen molar-refractivity contribution in [1.29, 1.82) is 0 Å². The van der Waals surface area contributed by atoms with Crippen LogP contribution in [0.15, 0.2) is 46.9 Å². The van der Waals surface area contributed by atoms with Gasteiger partial charge in [-0.05, 0) is 17.7 Å². The summed E-state index contributed by atoms with van der Waals surface area (Å²) in [7, 11) is 0. The molecule has 2 aromatic carbocycles. The molecule has 0 saturated carbocycles. The summed E-state index contributed by atoms with van der Waals surface area (Å²) in [6, 6.07) is 11.9. The molecule has 5 heteroatoms. The molecule has 1 unspecified atom stereocenters. The molecule has 2 atom stereocenters. The fourth-order valence-corrected chi connectivity index (χ4v) is 2.88. The van der Waals surface area contributed by atoms with Crippen LogP contribution in [-0.2, 0) is 0 Å². The van der Waals surface area contributed by atoms with E-state index >= 15 is 0 Å². The molecule has 0 aromatic heterocycles. The van der Waals surface area contributed by atoms with E-state index in [0.717, 1.165) is 21.3 Å². The summed E-state index contributed by atoms with van der Waals surface area (Å²) in [6.45, 7) is 0. The van der Waals surface area contributed by atoms with Gasteiger partial charge >= 0.3 is 0 Å². The second-order valence-electron chi connectivity index (χ2n) is 5.10. The fourth-order valence-electron chi connectivity index (χ4n) is 2.54. The Morgan fingerprint density at radius 1 is 1.14 bits per heavy atom. The quantitative estimate of drug-likeness (QED) is 0.832. The SMILES string of the molecule is N[C@H]1CC(c2ccc(C(F)F)cc2)Oc2cc(Br)ccc21. The minimum absolute atomic E-state index is 0.0157. The summed E-state index contributed by atoms with van der Waals surface area (Å²) in [6.07, 6.45) is -2.04. The lowest BCUT2D eigenvalue weighted by Crippen LogP contribution is -2.24. The van der Waals surface area contributed by atoms with Crippen molar-refractivity contribution in [2.75, 3.05) is 0 Å². The average Bonchev–Trinajstić information content (AvgIpc) is 2.46. The van der Waals surface area contributed by atoms with Crippen LogP contribution in [0.5, 0.6) is 5.75 Å². The van der Waals surface area contributed by atoms with Crippen LogP contribution in [0.1, 0.15) is 41.7 Å². The van der Waals surface area contributed by atoms with Gasteiger partial charge in [-0.3, -0.25) is 0 Å². The van der Waals surface area contributed by atoms with Crippen LogP contribution < -0.4 is 10.5 Å². The summed E-state index contributed by atoms with van der Waals surface area (Å²) in [5.41, 5.74) is 8.04. The Morgan fingerprint density at radius 2 is 1.86 bits per heavy atom. The number of rotatable bonds is 2. The van der Waals surface area contributed by atoms with Gasteiger partial charge in [0.1, 0.15) is 11.9 Å². The maximum absolute atomic E-state index is 12.6. The molecule has 3 rings (SSSR count). The van der Waals surface area contributed by atoms with E-state index in [9.17, 15) is 8.78 Å². The first kappa shape index (κ1) is 14.5. The monoisotopic (exact) mass is 353 g/mol. The van der Waals surface area contributed by atoms with Gasteiger partial charge in [-0.25, -0.2) is 8.78 Å². The maximum atomic E-state index is 12.6. The van der Waals surface area contributed by atoms with Gasteiger partial charge < -0.3 is 10.5 Å². The first-order chi connectivity index (χ1) is 10.0. The minimum atomic E-state index is -2.45. The summed E-state index contributed by atoms with van der Waals surface area (Å²) >= 11 is 3.41. The van der Waals surface area contributed by atoms with E-state index in [2.05, 4.69) is 15.9 Å². The third-order valence-corrected chi connectivity index (χ3v) is 4.17. The van der Waals surface area contributed by atoms with Crippen LogP contribution in [0, 0.1) is 0 Å². The summed E-state index contributed by atoms with van der Waals surface area (Å²) in [4.78, 5) is 0. The molecule has 2 aromatic rings. The van der Waals surface area contributed by atoms with Crippen molar-refractivity contribution in [1.82, 2.24) is 0 Å². The summed E-state index contributed by atoms with van der Waals surface area (Å²) in [5, 5.41) is 0. The van der Waals surface area contributed by atoms with Crippen molar-refractivity contribution in [3.05, 3.63) is 63.6 Å². The lowest BCUT2D eigenvalue weighted by Gasteiger charge is -2.30. The molecule has 0 amide bonds. The molecule has 0 spiro atoms. The Kier molecular flexibility index (Phi) is 3.95. The van der Waals surface area contributed by atoms with Crippen molar-refractivity contribution in [3.8, 4) is 5.75 Å². The number of fused-ring (bicyclic) bond motifs is 1. The van der Waals surface area contributed by atoms with Gasteiger partial charge in [-0.2, -0.15) is 0 Å². The zero-order valence-electron chi connectivity index (χ0n) is 11.1. The zero-order chi connectivity index (χ0) is 15.0. The number of ether oxygens (including phenoxy) is 1. The molecule has 21 heavy (non-hydrogen) atoms. The topological polar surface area (TPSA) is 35.2 Å². The van der Waals surface area contributed by atoms with Crippen molar-refractivity contribution in [3.63, 3.8) is 0 Å². The molecule has 1 heterocycles. The second kappa shape index (κ2) is 5.73. The molecule has 0 aliphatic carbocycles. The van der Waals surface area contributed by atoms with Gasteiger partial charge in [0, 0.05) is 28.1 Å². The predicted octanol–water partition coefficient (Wildman–Crippen LogP) is 4.91. The van der Waals surface area contributed by atoms with Crippen LogP contribution in [0.2, 0.25) is 0 Å². The van der Waals surface area contributed by atoms with E-state index in [0.29, 0.717) is 6.42 Å². The van der Waals surface area contributed by atoms with Crippen molar-refractivity contribution in [2.24, 2.45) is 5.73 Å². The van der Waals surface area contributed by atoms with E-state index < -0.39 is 6.43 Å². The van der Waals surface area contributed by atoms with Gasteiger partial charge in [0.15, 0.2) is 0 Å². The first-order valence-electron chi connectivity index (χ1n) is 6.64. The van der Waals surface area contributed by atoms with Crippen molar-refractivity contribution < 1.29 is 13.5 Å². The molecule has 0 bridgehead atoms. The van der Waals surface area contributed by atoms with Crippen LogP contribution in [0.25, 0.3) is 0 Å². The van der Waals surface area contributed by atoms with E-state index in [1.54, 1.807) is 12.1 Å². The second-order valence-corrected chi connectivity index (χ2v) is 6.01. The zero-order valence-corrected chi connectivity index (χ0v) is 12.7. The number of alkyl halides is 2. The van der Waals surface area contributed by atoms with Gasteiger partial charge in [0.2, 0.25) is 0 Å². The Balaban J connectivity index is 1.88. The lowest BCUT2D eigenvalue weighted by atomic mass is 9.93. The van der Waals surface area contributed by atoms with Crippen molar-refractivity contribution >= 4 is 15.9 Å². The third-order valence-electron chi connectivity index (χ3n) is 3.67. The highest BCUT2D eigenvalue weighted by Crippen LogP contribution is 2.41. The van der Waals surface area contributed by atoms with Crippen LogP contribution in [-0.4, -0.2) is 0 Å². The molecular weight excluding hydrogens is 340 g/mol. The Morgan fingerprint density at radius 3 is 2.52 bits per heavy atom. The molecule has 1 aliphatic rings. The van der Waals surface area contributed by atoms with E-state index in [4.69, 9.17) is 10.5 Å². The van der Waals surface area contributed by atoms with Gasteiger partial charge in [-0.1, -0.05) is 46.3 Å². The number of nitrogens with two attached hydrogens (primary N) is 1. The van der Waals surface area contributed by atoms with Gasteiger partial charge in [0.25, 0.3) is 6.43 Å².